The number of aliphatic carboxylic acids is 1. The normalized spacial score (nSPS) is 21.2. The average molecular weight is 750 g/mol. The van der Waals surface area contributed by atoms with Crippen LogP contribution >= 0.6 is 0 Å². The van der Waals surface area contributed by atoms with Crippen LogP contribution in [0.3, 0.4) is 0 Å². The number of carbonyl (C=O) groups is 2. The molecule has 0 unspecified atom stereocenters. The van der Waals surface area contributed by atoms with E-state index < -0.39 is 41.9 Å². The predicted octanol–water partition coefficient (Wildman–Crippen LogP) is 7.52. The third kappa shape index (κ3) is 8.95. The van der Waals surface area contributed by atoms with Crippen molar-refractivity contribution in [3.8, 4) is 5.88 Å². The summed E-state index contributed by atoms with van der Waals surface area (Å²) in [5.41, 5.74) is -0.249. The highest BCUT2D eigenvalue weighted by molar-refractivity contribution is 7.91. The van der Waals surface area contributed by atoms with E-state index in [1.807, 2.05) is 19.1 Å². The van der Waals surface area contributed by atoms with Crippen molar-refractivity contribution in [2.45, 2.75) is 121 Å². The number of carbonyl (C=O) groups excluding carboxylic acids is 1. The molecule has 52 heavy (non-hydrogen) atoms. The molecule has 5 rings (SSSR count). The van der Waals surface area contributed by atoms with Crippen molar-refractivity contribution in [1.82, 2.24) is 9.29 Å². The van der Waals surface area contributed by atoms with Gasteiger partial charge in [-0.25, -0.2) is 14.0 Å². The lowest BCUT2D eigenvalue weighted by atomic mass is 9.85. The van der Waals surface area contributed by atoms with E-state index in [-0.39, 0.29) is 34.9 Å². The highest BCUT2D eigenvalue weighted by atomic mass is 32.2. The Balaban J connectivity index is 1.40. The molecule has 0 spiro atoms. The van der Waals surface area contributed by atoms with Gasteiger partial charge in [-0.2, -0.15) is 4.31 Å². The molecule has 4 atom stereocenters. The van der Waals surface area contributed by atoms with Crippen LogP contribution in [0.1, 0.15) is 92.2 Å². The highest BCUT2D eigenvalue weighted by Crippen LogP contribution is 2.39. The van der Waals surface area contributed by atoms with Gasteiger partial charge in [0.15, 0.2) is 9.92 Å². The summed E-state index contributed by atoms with van der Waals surface area (Å²) in [7, 11) is -6.49. The third-order valence-corrected chi connectivity index (χ3v) is 17.3. The molecule has 1 saturated carbocycles. The topological polar surface area (TPSA) is 128 Å². The number of ether oxygens (including phenoxy) is 2. The van der Waals surface area contributed by atoms with Crippen molar-refractivity contribution in [3.05, 3.63) is 78.5 Å². The monoisotopic (exact) mass is 749 g/mol. The fourth-order valence-corrected chi connectivity index (χ4v) is 14.4. The van der Waals surface area contributed by atoms with Crippen LogP contribution < -0.4 is 15.1 Å². The maximum absolute atomic E-state index is 15.1. The summed E-state index contributed by atoms with van der Waals surface area (Å²) in [6.45, 7) is 14.5. The number of carboxylic acids is 1. The molecule has 12 heteroatoms. The molecule has 2 aromatic carbocycles. The molecule has 2 aliphatic rings. The van der Waals surface area contributed by atoms with E-state index in [4.69, 9.17) is 13.9 Å². The predicted molar refractivity (Wildman–Crippen MR) is 206 cm³/mol. The molecule has 2 heterocycles. The quantitative estimate of drug-likeness (QED) is 0.200. The molecule has 282 valence electrons. The van der Waals surface area contributed by atoms with Gasteiger partial charge in [0.25, 0.3) is 8.32 Å². The summed E-state index contributed by atoms with van der Waals surface area (Å²) < 4.78 is 39.7. The Hall–Kier alpha value is -3.58. The van der Waals surface area contributed by atoms with Crippen LogP contribution in [-0.4, -0.2) is 69.9 Å². The van der Waals surface area contributed by atoms with Crippen LogP contribution in [0.25, 0.3) is 0 Å². The minimum Gasteiger partial charge on any atom is -0.480 e. The first kappa shape index (κ1) is 39.6. The fraction of sp³-hybridized carbons (Fsp3) is 0.525. The van der Waals surface area contributed by atoms with Crippen molar-refractivity contribution >= 4 is 40.7 Å². The second-order valence-electron chi connectivity index (χ2n) is 16.0. The number of amides is 1. The first-order valence-corrected chi connectivity index (χ1v) is 21.8. The molecule has 1 aliphatic heterocycles. The molecular weight excluding hydrogens is 695 g/mol. The van der Waals surface area contributed by atoms with E-state index in [0.717, 1.165) is 32.1 Å². The van der Waals surface area contributed by atoms with Gasteiger partial charge in [-0.15, -0.1) is 4.36 Å². The van der Waals surface area contributed by atoms with Crippen molar-refractivity contribution in [2.24, 2.45) is 10.3 Å². The smallest absolute Gasteiger partial charge is 0.443 e. The first-order valence-electron chi connectivity index (χ1n) is 18.4. The molecular formula is C40H55N3O7SSi. The van der Waals surface area contributed by atoms with Gasteiger partial charge in [-0.05, 0) is 99.7 Å². The van der Waals surface area contributed by atoms with Gasteiger partial charge in [-0.1, -0.05) is 87.9 Å². The Morgan fingerprint density at radius 2 is 1.56 bits per heavy atom. The molecule has 2 fully saturated rings. The molecule has 10 nitrogen and oxygen atoms in total. The van der Waals surface area contributed by atoms with Crippen LogP contribution in [0, 0.1) is 12.8 Å². The lowest BCUT2D eigenvalue weighted by Crippen LogP contribution is -2.66. The van der Waals surface area contributed by atoms with E-state index in [9.17, 15) is 14.7 Å². The summed E-state index contributed by atoms with van der Waals surface area (Å²) in [6.07, 6.45) is 3.91. The highest BCUT2D eigenvalue weighted by Gasteiger charge is 2.50. The number of benzene rings is 2. The van der Waals surface area contributed by atoms with Gasteiger partial charge in [0.2, 0.25) is 5.88 Å². The number of nitrogens with zero attached hydrogens (tertiary/aromatic N) is 3. The number of carboxylic acid groups (broad SMARTS) is 1. The molecule has 1 aromatic heterocycles. The van der Waals surface area contributed by atoms with Crippen LogP contribution in [0.5, 0.6) is 5.88 Å². The molecule has 0 bridgehead atoms. The number of hydrogen-bond acceptors (Lipinski definition) is 7. The number of rotatable bonds is 11. The van der Waals surface area contributed by atoms with Crippen molar-refractivity contribution in [3.63, 3.8) is 0 Å². The molecule has 3 aromatic rings. The van der Waals surface area contributed by atoms with Gasteiger partial charge < -0.3 is 19.0 Å². The summed E-state index contributed by atoms with van der Waals surface area (Å²) in [5.74, 6) is -0.680. The van der Waals surface area contributed by atoms with Gasteiger partial charge >= 0.3 is 12.1 Å². The van der Waals surface area contributed by atoms with Crippen molar-refractivity contribution in [1.29, 1.82) is 0 Å². The van der Waals surface area contributed by atoms with Crippen molar-refractivity contribution < 1.29 is 32.8 Å². The fourth-order valence-electron chi connectivity index (χ4n) is 7.61. The Bertz CT molecular complexity index is 1780. The van der Waals surface area contributed by atoms with Crippen LogP contribution in [0.2, 0.25) is 5.04 Å². The first-order chi connectivity index (χ1) is 24.5. The minimum absolute atomic E-state index is 0.0919. The van der Waals surface area contributed by atoms with E-state index >= 15 is 4.21 Å². The van der Waals surface area contributed by atoms with Gasteiger partial charge in [-0.3, -0.25) is 4.79 Å². The van der Waals surface area contributed by atoms with Crippen LogP contribution in [0.15, 0.2) is 82.1 Å². The largest absolute Gasteiger partial charge is 0.480 e. The lowest BCUT2D eigenvalue weighted by Gasteiger charge is -2.43. The number of pyridine rings is 1. The van der Waals surface area contributed by atoms with Gasteiger partial charge in [0, 0.05) is 18.8 Å². The molecule has 1 amide bonds. The van der Waals surface area contributed by atoms with Crippen LogP contribution in [0.4, 0.5) is 4.79 Å². The van der Waals surface area contributed by atoms with E-state index in [2.05, 4.69) is 78.6 Å². The zero-order chi connectivity index (χ0) is 37.7. The summed E-state index contributed by atoms with van der Waals surface area (Å²) in [4.78, 5) is 30.1. The summed E-state index contributed by atoms with van der Waals surface area (Å²) in [5, 5.41) is 12.4. The zero-order valence-corrected chi connectivity index (χ0v) is 33.5. The maximum Gasteiger partial charge on any atom is 0.443 e. The Kier molecular flexibility index (Phi) is 12.3. The standard InChI is InChI=1S/C40H55N3O7SSi/c1-29-23-24-35(51(47,42-38(46)50-39(2,3)4)43-26-15-22-34(43)37(44)45)36(41-29)49-31-17-14-16-30(28-31)25-27-48-52(40(5,6)7,32-18-10-8-11-19-32)33-20-12-9-13-21-33/h8-13,18-21,23-24,30-31,34H,14-17,22,25-28H2,1-7H3,(H,44,45)/t30-,31-,34-,51-/m0/s1. The van der Waals surface area contributed by atoms with Gasteiger partial charge in [0.1, 0.15) is 22.6 Å². The van der Waals surface area contributed by atoms with E-state index in [1.165, 1.54) is 14.7 Å². The van der Waals surface area contributed by atoms with E-state index in [0.29, 0.717) is 24.6 Å². The molecule has 1 aliphatic carbocycles. The SMILES string of the molecule is Cc1ccc([S@](=O)(=NC(=O)OC(C)(C)C)N2CCC[C@H]2C(=O)O)c(O[C@H]2CCC[C@@H](CCO[Si](c3ccccc3)(c3ccccc3)C(C)(C)C)C2)n1. The second kappa shape index (κ2) is 16.2. The maximum atomic E-state index is 15.1. The molecule has 1 N–H and O–H groups in total. The third-order valence-electron chi connectivity index (χ3n) is 9.92. The number of aromatic nitrogens is 1. The molecule has 1 saturated heterocycles. The molecule has 0 radical (unpaired) electrons. The Morgan fingerprint density at radius 3 is 2.13 bits per heavy atom. The van der Waals surface area contributed by atoms with Crippen LogP contribution in [-0.2, 0) is 23.9 Å². The van der Waals surface area contributed by atoms with Gasteiger partial charge in [0.05, 0.1) is 0 Å². The lowest BCUT2D eigenvalue weighted by molar-refractivity contribution is -0.140. The second-order valence-corrected chi connectivity index (χ2v) is 22.4. The minimum atomic E-state index is -3.82. The average Bonchev–Trinajstić information content (AvgIpc) is 3.58. The Morgan fingerprint density at radius 1 is 0.923 bits per heavy atom. The van der Waals surface area contributed by atoms with Crippen molar-refractivity contribution in [2.75, 3.05) is 13.2 Å². The number of aryl methyl sites for hydroxylation is 1. The Labute approximate surface area is 310 Å². The number of hydrogen-bond donors (Lipinski definition) is 1. The van der Waals surface area contributed by atoms with E-state index in [1.54, 1.807) is 32.9 Å². The summed E-state index contributed by atoms with van der Waals surface area (Å²) in [6, 6.07) is 23.5. The summed E-state index contributed by atoms with van der Waals surface area (Å²) >= 11 is 0. The zero-order valence-electron chi connectivity index (χ0n) is 31.7.